The molecule has 2 heterocycles. The number of carbonyl (C=O) groups excluding carboxylic acids is 4. The minimum atomic E-state index is -1.23. The van der Waals surface area contributed by atoms with Crippen molar-refractivity contribution in [1.29, 1.82) is 0 Å². The summed E-state index contributed by atoms with van der Waals surface area (Å²) in [6, 6.07) is 14.2. The molecule has 0 unspecified atom stereocenters. The number of rotatable bonds is 10. The quantitative estimate of drug-likeness (QED) is 0.220. The van der Waals surface area contributed by atoms with Gasteiger partial charge in [0, 0.05) is 24.4 Å². The number of carbonyl (C=O) groups is 5. The number of carboxylic acid groups (broad SMARTS) is 1. The Bertz CT molecular complexity index is 1610. The van der Waals surface area contributed by atoms with Crippen LogP contribution in [0.25, 0.3) is 0 Å². The van der Waals surface area contributed by atoms with E-state index in [2.05, 4.69) is 6.58 Å². The predicted molar refractivity (Wildman–Crippen MR) is 166 cm³/mol. The van der Waals surface area contributed by atoms with Crippen LogP contribution in [0.1, 0.15) is 62.5 Å². The number of nitrogens with zero attached hydrogens (tertiary/aromatic N) is 2. The average molecular weight is 611 g/mol. The number of unbranched alkanes of at least 4 members (excludes halogenated alkanes) is 2. The summed E-state index contributed by atoms with van der Waals surface area (Å²) in [6.07, 6.45) is 6.26. The van der Waals surface area contributed by atoms with E-state index in [1.54, 1.807) is 49.4 Å². The zero-order valence-corrected chi connectivity index (χ0v) is 25.4. The second-order valence-corrected chi connectivity index (χ2v) is 12.9. The highest BCUT2D eigenvalue weighted by atomic mass is 16.4. The highest BCUT2D eigenvalue weighted by molar-refractivity contribution is 6.24. The van der Waals surface area contributed by atoms with Gasteiger partial charge in [-0.15, -0.1) is 6.58 Å². The van der Waals surface area contributed by atoms with Gasteiger partial charge in [-0.1, -0.05) is 60.5 Å². The lowest BCUT2D eigenvalue weighted by atomic mass is 9.51. The van der Waals surface area contributed by atoms with Gasteiger partial charge in [0.05, 0.1) is 28.9 Å². The summed E-state index contributed by atoms with van der Waals surface area (Å²) in [7, 11) is 0. The van der Waals surface area contributed by atoms with Crippen molar-refractivity contribution < 1.29 is 34.2 Å². The molecule has 0 aromatic heterocycles. The molecule has 2 aliphatic heterocycles. The molecule has 2 aromatic carbocycles. The smallest absolute Gasteiger partial charge is 0.303 e. The first-order valence-electron chi connectivity index (χ1n) is 15.7. The van der Waals surface area contributed by atoms with E-state index >= 15 is 0 Å². The van der Waals surface area contributed by atoms with Gasteiger partial charge < -0.3 is 10.2 Å². The zero-order valence-electron chi connectivity index (χ0n) is 25.4. The van der Waals surface area contributed by atoms with Gasteiger partial charge in [0.25, 0.3) is 0 Å². The highest BCUT2D eigenvalue weighted by Gasteiger charge is 2.67. The van der Waals surface area contributed by atoms with Crippen LogP contribution in [0.3, 0.4) is 0 Å². The molecule has 0 bridgehead atoms. The number of phenols is 1. The third-order valence-corrected chi connectivity index (χ3v) is 10.5. The van der Waals surface area contributed by atoms with Gasteiger partial charge in [0.2, 0.25) is 23.6 Å². The van der Waals surface area contributed by atoms with Crippen LogP contribution in [-0.4, -0.2) is 51.3 Å². The molecule has 0 spiro atoms. The van der Waals surface area contributed by atoms with Crippen LogP contribution in [0.4, 0.5) is 5.69 Å². The Morgan fingerprint density at radius 3 is 2.44 bits per heavy atom. The van der Waals surface area contributed by atoms with Crippen molar-refractivity contribution in [3.05, 3.63) is 84.0 Å². The number of aromatic hydroxyl groups is 1. The SMILES string of the molecule is C=CCc1cccc([C@H]2C3=CC[C@@H]4C(=O)N(CCCCCC(=O)O)C(=O)[C@@H]4[C@@H]3C[C@H]3C(=O)N(c4ccccc4)C(=O)[C@@]23C)c1O. The number of benzene rings is 2. The third kappa shape index (κ3) is 4.80. The van der Waals surface area contributed by atoms with Crippen LogP contribution in [0.15, 0.2) is 72.8 Å². The Labute approximate surface area is 262 Å². The Balaban J connectivity index is 1.41. The Hall–Kier alpha value is -4.53. The normalized spacial score (nSPS) is 28.9. The van der Waals surface area contributed by atoms with E-state index in [0.29, 0.717) is 48.9 Å². The molecular formula is C36H38N2O7. The van der Waals surface area contributed by atoms with E-state index in [-0.39, 0.29) is 48.8 Å². The summed E-state index contributed by atoms with van der Waals surface area (Å²) in [5.41, 5.74) is 1.24. The molecule has 9 nitrogen and oxygen atoms in total. The molecule has 4 amide bonds. The summed E-state index contributed by atoms with van der Waals surface area (Å²) in [5, 5.41) is 20.5. The van der Waals surface area contributed by atoms with Gasteiger partial charge in [0.15, 0.2) is 0 Å². The average Bonchev–Trinajstić information content (AvgIpc) is 3.38. The van der Waals surface area contributed by atoms with E-state index in [9.17, 15) is 29.1 Å². The monoisotopic (exact) mass is 610 g/mol. The van der Waals surface area contributed by atoms with Gasteiger partial charge in [-0.2, -0.15) is 0 Å². The minimum absolute atomic E-state index is 0.0393. The van der Waals surface area contributed by atoms with Crippen molar-refractivity contribution in [3.8, 4) is 5.75 Å². The summed E-state index contributed by atoms with van der Waals surface area (Å²) in [4.78, 5) is 69.7. The molecule has 234 valence electrons. The van der Waals surface area contributed by atoms with Gasteiger partial charge in [-0.25, -0.2) is 4.90 Å². The fourth-order valence-corrected chi connectivity index (χ4v) is 8.36. The second kappa shape index (κ2) is 11.8. The van der Waals surface area contributed by atoms with Crippen LogP contribution >= 0.6 is 0 Å². The number of fused-ring (bicyclic) bond motifs is 4. The Morgan fingerprint density at radius 1 is 0.978 bits per heavy atom. The summed E-state index contributed by atoms with van der Waals surface area (Å²) >= 11 is 0. The molecule has 6 atom stereocenters. The van der Waals surface area contributed by atoms with E-state index in [4.69, 9.17) is 5.11 Å². The zero-order chi connectivity index (χ0) is 32.0. The Kier molecular flexibility index (Phi) is 7.97. The number of amides is 4. The fraction of sp³-hybridized carbons (Fsp3) is 0.417. The molecule has 9 heteroatoms. The lowest BCUT2D eigenvalue weighted by Gasteiger charge is -2.49. The number of imide groups is 2. The highest BCUT2D eigenvalue weighted by Crippen LogP contribution is 2.64. The number of allylic oxidation sites excluding steroid dienone is 3. The topological polar surface area (TPSA) is 132 Å². The van der Waals surface area contributed by atoms with Crippen LogP contribution in [-0.2, 0) is 30.4 Å². The first-order chi connectivity index (χ1) is 21.6. The molecular weight excluding hydrogens is 572 g/mol. The maximum absolute atomic E-state index is 14.5. The first kappa shape index (κ1) is 30.5. The number of likely N-dealkylation sites (tertiary alicyclic amines) is 1. The van der Waals surface area contributed by atoms with Crippen LogP contribution in [0, 0.1) is 29.1 Å². The van der Waals surface area contributed by atoms with Crippen molar-refractivity contribution in [2.45, 2.75) is 57.8 Å². The van der Waals surface area contributed by atoms with E-state index < -0.39 is 41.0 Å². The van der Waals surface area contributed by atoms with Crippen molar-refractivity contribution in [1.82, 2.24) is 4.90 Å². The standard InChI is InChI=1S/C36H38N2O7/c1-3-11-21-12-10-15-25(31(21)41)30-23-17-18-24-29(34(44)37(32(24)42)19-9-5-8-16-28(39)40)26(23)20-27-33(43)38(35(45)36(27,30)2)22-13-6-4-7-14-22/h3-4,6-7,10,12-15,17,24,26-27,29-30,41H,1,5,8-9,11,16,18-20H2,2H3,(H,39,40)/t24-,26+,27-,29-,30+,36+/m0/s1. The van der Waals surface area contributed by atoms with Crippen LogP contribution in [0.5, 0.6) is 5.75 Å². The minimum Gasteiger partial charge on any atom is -0.507 e. The van der Waals surface area contributed by atoms with Crippen LogP contribution in [0.2, 0.25) is 0 Å². The maximum atomic E-state index is 14.5. The number of hydrogen-bond donors (Lipinski definition) is 2. The molecule has 2 saturated heterocycles. The molecule has 1 saturated carbocycles. The molecule has 2 aliphatic carbocycles. The molecule has 2 N–H and O–H groups in total. The molecule has 4 aliphatic rings. The predicted octanol–water partition coefficient (Wildman–Crippen LogP) is 5.00. The Morgan fingerprint density at radius 2 is 1.73 bits per heavy atom. The molecule has 3 fully saturated rings. The lowest BCUT2D eigenvalue weighted by molar-refractivity contribution is -0.141. The van der Waals surface area contributed by atoms with Crippen molar-refractivity contribution >= 4 is 35.3 Å². The molecule has 45 heavy (non-hydrogen) atoms. The van der Waals surface area contributed by atoms with Gasteiger partial charge >= 0.3 is 5.97 Å². The number of carboxylic acids is 1. The first-order valence-corrected chi connectivity index (χ1v) is 15.7. The number of phenolic OH excluding ortho intramolecular Hbond substituents is 1. The molecule has 6 rings (SSSR count). The number of aliphatic carboxylic acids is 1. The van der Waals surface area contributed by atoms with E-state index in [0.717, 1.165) is 5.57 Å². The molecule has 2 aromatic rings. The van der Waals surface area contributed by atoms with E-state index in [1.165, 1.54) is 9.80 Å². The molecule has 0 radical (unpaired) electrons. The largest absolute Gasteiger partial charge is 0.507 e. The van der Waals surface area contributed by atoms with Gasteiger partial charge in [0.1, 0.15) is 5.75 Å². The second-order valence-electron chi connectivity index (χ2n) is 12.9. The summed E-state index contributed by atoms with van der Waals surface area (Å²) in [6.45, 7) is 5.83. The van der Waals surface area contributed by atoms with E-state index in [1.807, 2.05) is 18.2 Å². The van der Waals surface area contributed by atoms with Crippen molar-refractivity contribution in [2.75, 3.05) is 11.4 Å². The van der Waals surface area contributed by atoms with Gasteiger partial charge in [-0.3, -0.25) is 28.9 Å². The maximum Gasteiger partial charge on any atom is 0.303 e. The van der Waals surface area contributed by atoms with Crippen LogP contribution < -0.4 is 4.90 Å². The van der Waals surface area contributed by atoms with Crippen molar-refractivity contribution in [2.24, 2.45) is 29.1 Å². The lowest BCUT2D eigenvalue weighted by Crippen LogP contribution is -2.49. The third-order valence-electron chi connectivity index (χ3n) is 10.5. The van der Waals surface area contributed by atoms with Gasteiger partial charge in [-0.05, 0) is 62.6 Å². The summed E-state index contributed by atoms with van der Waals surface area (Å²) < 4.78 is 0. The number of hydrogen-bond acceptors (Lipinski definition) is 6. The number of para-hydroxylation sites is 2. The fourth-order valence-electron chi connectivity index (χ4n) is 8.36. The van der Waals surface area contributed by atoms with Crippen molar-refractivity contribution in [3.63, 3.8) is 0 Å². The number of anilines is 1. The summed E-state index contributed by atoms with van der Waals surface area (Å²) in [5.74, 6) is -5.19.